The Morgan fingerprint density at radius 3 is 1.88 bits per heavy atom. The summed E-state index contributed by atoms with van der Waals surface area (Å²) >= 11 is 0. The molecule has 3 aliphatic heterocycles. The zero-order chi connectivity index (χ0) is 35.6. The highest BCUT2D eigenvalue weighted by molar-refractivity contribution is 6.13. The third-order valence-electron chi connectivity index (χ3n) is 9.17. The number of rotatable bonds is 10. The molecule has 0 aromatic heterocycles. The van der Waals surface area contributed by atoms with Crippen molar-refractivity contribution in [2.45, 2.75) is 19.5 Å². The average Bonchev–Trinajstić information content (AvgIpc) is 3.61. The van der Waals surface area contributed by atoms with Crippen molar-refractivity contribution in [1.82, 2.24) is 9.80 Å². The second-order valence-electron chi connectivity index (χ2n) is 12.5. The van der Waals surface area contributed by atoms with Crippen LogP contribution in [0.4, 0.5) is 11.4 Å². The second kappa shape index (κ2) is 17.2. The predicted molar refractivity (Wildman–Crippen MR) is 196 cm³/mol. The van der Waals surface area contributed by atoms with Crippen LogP contribution >= 0.6 is 0 Å². The molecule has 1 amide bonds. The number of hydrogen-bond acceptors (Lipinski definition) is 9. The van der Waals surface area contributed by atoms with Gasteiger partial charge in [0, 0.05) is 67.9 Å². The fourth-order valence-electron chi connectivity index (χ4n) is 6.35. The molecule has 3 heterocycles. The summed E-state index contributed by atoms with van der Waals surface area (Å²) in [5, 5.41) is 12.0. The molecule has 51 heavy (non-hydrogen) atoms. The van der Waals surface area contributed by atoms with Crippen LogP contribution in [0.2, 0.25) is 0 Å². The first-order chi connectivity index (χ1) is 24.9. The first-order valence-corrected chi connectivity index (χ1v) is 17.2. The lowest BCUT2D eigenvalue weighted by molar-refractivity contribution is 0.0338. The highest BCUT2D eigenvalue weighted by Gasteiger charge is 2.20. The van der Waals surface area contributed by atoms with Gasteiger partial charge in [-0.25, -0.2) is 4.79 Å². The van der Waals surface area contributed by atoms with Gasteiger partial charge in [0.2, 0.25) is 0 Å². The van der Waals surface area contributed by atoms with Gasteiger partial charge in [0.05, 0.1) is 63.3 Å². The molecule has 3 aliphatic rings. The number of nitrogens with zero attached hydrogens (tertiary/aromatic N) is 3. The minimum absolute atomic E-state index is 0.171. The van der Waals surface area contributed by atoms with E-state index >= 15 is 0 Å². The van der Waals surface area contributed by atoms with Gasteiger partial charge in [0.25, 0.3) is 5.91 Å². The van der Waals surface area contributed by atoms with Crippen LogP contribution in [0.1, 0.15) is 43.0 Å². The van der Waals surface area contributed by atoms with Gasteiger partial charge < -0.3 is 29.4 Å². The molecule has 0 atom stereocenters. The molecule has 266 valence electrons. The number of aromatic carboxylic acids is 1. The zero-order valence-corrected chi connectivity index (χ0v) is 29.1. The van der Waals surface area contributed by atoms with E-state index in [1.807, 2.05) is 66.7 Å². The number of carboxylic acid groups (broad SMARTS) is 1. The van der Waals surface area contributed by atoms with Crippen LogP contribution in [0.3, 0.4) is 0 Å². The monoisotopic (exact) mass is 692 g/mol. The van der Waals surface area contributed by atoms with E-state index < -0.39 is 5.97 Å². The van der Waals surface area contributed by atoms with Crippen LogP contribution in [-0.2, 0) is 29.0 Å². The molecule has 0 unspecified atom stereocenters. The van der Waals surface area contributed by atoms with Crippen molar-refractivity contribution in [1.29, 1.82) is 0 Å². The number of nitrogens with one attached hydrogen (secondary N) is 1. The average molecular weight is 693 g/mol. The van der Waals surface area contributed by atoms with E-state index in [-0.39, 0.29) is 11.5 Å². The number of anilines is 1. The number of carboxylic acids is 1. The molecule has 2 saturated heterocycles. The van der Waals surface area contributed by atoms with Gasteiger partial charge >= 0.3 is 5.97 Å². The molecular weight excluding hydrogens is 648 g/mol. The summed E-state index contributed by atoms with van der Waals surface area (Å²) in [6.07, 6.45) is 0.757. The van der Waals surface area contributed by atoms with Gasteiger partial charge in [-0.1, -0.05) is 48.5 Å². The number of benzene rings is 4. The third kappa shape index (κ3) is 9.19. The first-order valence-electron chi connectivity index (χ1n) is 17.2. The molecule has 7 rings (SSSR count). The van der Waals surface area contributed by atoms with Crippen LogP contribution < -0.4 is 14.8 Å². The van der Waals surface area contributed by atoms with Gasteiger partial charge in [-0.15, -0.1) is 0 Å². The maximum Gasteiger partial charge on any atom is 0.335 e. The minimum atomic E-state index is -0.939. The lowest BCUT2D eigenvalue weighted by Crippen LogP contribution is -2.35. The molecule has 0 aliphatic carbocycles. The Morgan fingerprint density at radius 1 is 0.745 bits per heavy atom. The zero-order valence-electron chi connectivity index (χ0n) is 29.1. The number of amides is 1. The Labute approximate surface area is 298 Å². The molecule has 11 heteroatoms. The quantitative estimate of drug-likeness (QED) is 0.216. The van der Waals surface area contributed by atoms with Gasteiger partial charge in [0.1, 0.15) is 11.5 Å². The normalized spacial score (nSPS) is 15.9. The van der Waals surface area contributed by atoms with Gasteiger partial charge in [-0.2, -0.15) is 0 Å². The lowest BCUT2D eigenvalue weighted by atomic mass is 10.0. The molecule has 11 nitrogen and oxygen atoms in total. The summed E-state index contributed by atoms with van der Waals surface area (Å²) in [4.78, 5) is 33.4. The standard InChI is InChI=1S/C27H27N3O3.C13H17NO4/c1-32-26-17-20(10-11-21(26)18-30-12-14-33-15-13-30)27(31)29-24-9-5-3-7-22(24)25-16-19-6-2-4-8-23(19)28-25;1-17-12-8-10(13(15)16)2-3-11(12)9-14-4-6-18-7-5-14/h2-11,17H,12-16,18H2,1H3,(H,29,31);2-3,8H,4-7,9H2,1H3,(H,15,16). The molecule has 0 spiro atoms. The van der Waals surface area contributed by atoms with Gasteiger partial charge in [-0.05, 0) is 42.0 Å². The van der Waals surface area contributed by atoms with E-state index in [2.05, 4.69) is 21.2 Å². The Bertz CT molecular complexity index is 1870. The molecule has 4 aromatic carbocycles. The summed E-state index contributed by atoms with van der Waals surface area (Å²) in [6.45, 7) is 8.10. The first kappa shape index (κ1) is 35.7. The highest BCUT2D eigenvalue weighted by atomic mass is 16.5. The Kier molecular flexibility index (Phi) is 12.1. The van der Waals surface area contributed by atoms with Crippen molar-refractivity contribution in [2.24, 2.45) is 4.99 Å². The summed E-state index contributed by atoms with van der Waals surface area (Å²) in [7, 11) is 3.20. The van der Waals surface area contributed by atoms with Crippen molar-refractivity contribution in [3.05, 3.63) is 118 Å². The molecular formula is C40H44N4O7. The Balaban J connectivity index is 0.000000211. The SMILES string of the molecule is COc1cc(C(=O)Nc2ccccc2C2=Nc3ccccc3C2)ccc1CN1CCOCC1.COc1cc(C(=O)O)ccc1CN1CCOCC1. The van der Waals surface area contributed by atoms with E-state index in [9.17, 15) is 9.59 Å². The lowest BCUT2D eigenvalue weighted by Gasteiger charge is -2.27. The van der Waals surface area contributed by atoms with Gasteiger partial charge in [0.15, 0.2) is 0 Å². The van der Waals surface area contributed by atoms with Crippen molar-refractivity contribution >= 4 is 29.0 Å². The van der Waals surface area contributed by atoms with Crippen molar-refractivity contribution in [3.63, 3.8) is 0 Å². The molecule has 0 bridgehead atoms. The Hall–Kier alpha value is -5.07. The smallest absolute Gasteiger partial charge is 0.335 e. The number of carbonyl (C=O) groups is 2. The van der Waals surface area contributed by atoms with Crippen LogP contribution in [0.5, 0.6) is 11.5 Å². The maximum absolute atomic E-state index is 13.1. The number of morpholine rings is 2. The van der Waals surface area contributed by atoms with Crippen LogP contribution in [-0.4, -0.2) is 99.3 Å². The van der Waals surface area contributed by atoms with E-state index in [4.69, 9.17) is 29.0 Å². The van der Waals surface area contributed by atoms with E-state index in [0.717, 1.165) is 112 Å². The number of carbonyl (C=O) groups excluding carboxylic acids is 1. The fourth-order valence-corrected chi connectivity index (χ4v) is 6.35. The van der Waals surface area contributed by atoms with Crippen LogP contribution in [0.25, 0.3) is 0 Å². The molecule has 0 radical (unpaired) electrons. The third-order valence-corrected chi connectivity index (χ3v) is 9.17. The largest absolute Gasteiger partial charge is 0.496 e. The van der Waals surface area contributed by atoms with Crippen LogP contribution in [0, 0.1) is 0 Å². The van der Waals surface area contributed by atoms with Crippen molar-refractivity contribution in [3.8, 4) is 11.5 Å². The molecule has 2 fully saturated rings. The maximum atomic E-state index is 13.1. The summed E-state index contributed by atoms with van der Waals surface area (Å²) < 4.78 is 21.6. The number of hydrogen-bond donors (Lipinski definition) is 2. The van der Waals surface area contributed by atoms with E-state index in [1.54, 1.807) is 26.4 Å². The number of ether oxygens (including phenoxy) is 4. The Morgan fingerprint density at radius 2 is 1.29 bits per heavy atom. The number of fused-ring (bicyclic) bond motifs is 1. The highest BCUT2D eigenvalue weighted by Crippen LogP contribution is 2.31. The fraction of sp³-hybridized carbons (Fsp3) is 0.325. The predicted octanol–water partition coefficient (Wildman–Crippen LogP) is 5.68. The molecule has 2 N–H and O–H groups in total. The summed E-state index contributed by atoms with van der Waals surface area (Å²) in [5.41, 5.74) is 7.73. The number of aliphatic imine (C=N–C) groups is 1. The van der Waals surface area contributed by atoms with E-state index in [1.165, 1.54) is 5.56 Å². The summed E-state index contributed by atoms with van der Waals surface area (Å²) in [5.74, 6) is 0.237. The molecule has 0 saturated carbocycles. The van der Waals surface area contributed by atoms with Crippen molar-refractivity contribution in [2.75, 3.05) is 72.1 Å². The van der Waals surface area contributed by atoms with Gasteiger partial charge in [-0.3, -0.25) is 19.6 Å². The molecule has 4 aromatic rings. The minimum Gasteiger partial charge on any atom is -0.496 e. The van der Waals surface area contributed by atoms with Crippen LogP contribution in [0.15, 0.2) is 89.9 Å². The number of para-hydroxylation sites is 2. The summed E-state index contributed by atoms with van der Waals surface area (Å²) in [6, 6.07) is 26.6. The second-order valence-corrected chi connectivity index (χ2v) is 12.5. The van der Waals surface area contributed by atoms with Crippen molar-refractivity contribution < 1.29 is 33.6 Å². The number of methoxy groups -OCH3 is 2. The van der Waals surface area contributed by atoms with E-state index in [0.29, 0.717) is 11.3 Å². The topological polar surface area (TPSA) is 122 Å².